The van der Waals surface area contributed by atoms with Crippen molar-refractivity contribution in [3.63, 3.8) is 0 Å². The lowest BCUT2D eigenvalue weighted by molar-refractivity contribution is -0.139. The van der Waals surface area contributed by atoms with Crippen LogP contribution in [0.1, 0.15) is 50.2 Å². The number of aryl methyl sites for hydroxylation is 1. The van der Waals surface area contributed by atoms with Gasteiger partial charge in [0.15, 0.2) is 0 Å². The number of nitrogens with one attached hydrogen (secondary N) is 1. The summed E-state index contributed by atoms with van der Waals surface area (Å²) in [5, 5.41) is 3.11. The number of benzene rings is 2. The Kier molecular flexibility index (Phi) is 9.32. The molecule has 2 amide bonds. The number of nitrogens with zero attached hydrogens (tertiary/aromatic N) is 2. The van der Waals surface area contributed by atoms with Crippen molar-refractivity contribution in [1.29, 1.82) is 0 Å². The third-order valence-corrected chi connectivity index (χ3v) is 7.74. The standard InChI is InChI=1S/C27H37N3O4S/c1-21-14-16-25(17-15-21)30(35(3,33)34)20-26(31)29(19-18-23-10-6-4-7-11-23)22(2)27(32)28-24-12-8-5-9-13-24/h4,6-7,10-11,14-17,22,24H,5,8-9,12-13,18-20H2,1-3H3,(H,28,32)/t22-/m1/s1. The second-order valence-electron chi connectivity index (χ2n) is 9.45. The van der Waals surface area contributed by atoms with E-state index in [-0.39, 0.29) is 18.5 Å². The Bertz CT molecular complexity index is 1080. The van der Waals surface area contributed by atoms with Gasteiger partial charge >= 0.3 is 0 Å². The third-order valence-electron chi connectivity index (χ3n) is 6.60. The number of sulfonamides is 1. The van der Waals surface area contributed by atoms with E-state index >= 15 is 0 Å². The van der Waals surface area contributed by atoms with Gasteiger partial charge in [-0.15, -0.1) is 0 Å². The lowest BCUT2D eigenvalue weighted by atomic mass is 9.95. The van der Waals surface area contributed by atoms with Crippen LogP contribution < -0.4 is 9.62 Å². The van der Waals surface area contributed by atoms with E-state index in [0.717, 1.165) is 47.4 Å². The molecule has 1 aliphatic rings. The molecule has 1 atom stereocenters. The van der Waals surface area contributed by atoms with Crippen LogP contribution in [0.15, 0.2) is 54.6 Å². The Labute approximate surface area is 209 Å². The van der Waals surface area contributed by atoms with Crippen LogP contribution in [-0.4, -0.2) is 56.6 Å². The largest absolute Gasteiger partial charge is 0.352 e. The summed E-state index contributed by atoms with van der Waals surface area (Å²) in [7, 11) is -3.71. The normalized spacial score (nSPS) is 15.3. The minimum Gasteiger partial charge on any atom is -0.352 e. The molecule has 1 saturated carbocycles. The molecule has 190 valence electrons. The monoisotopic (exact) mass is 499 g/mol. The maximum Gasteiger partial charge on any atom is 0.244 e. The zero-order valence-electron chi connectivity index (χ0n) is 20.9. The van der Waals surface area contributed by atoms with E-state index in [4.69, 9.17) is 0 Å². The molecule has 2 aromatic carbocycles. The average Bonchev–Trinajstić information content (AvgIpc) is 2.84. The highest BCUT2D eigenvalue weighted by Gasteiger charge is 2.30. The smallest absolute Gasteiger partial charge is 0.244 e. The van der Waals surface area contributed by atoms with Gasteiger partial charge in [0.25, 0.3) is 0 Å². The summed E-state index contributed by atoms with van der Waals surface area (Å²) >= 11 is 0. The molecule has 0 bridgehead atoms. The molecular formula is C27H37N3O4S. The van der Waals surface area contributed by atoms with Crippen LogP contribution in [-0.2, 0) is 26.0 Å². The van der Waals surface area contributed by atoms with Gasteiger partial charge in [-0.1, -0.05) is 67.3 Å². The second-order valence-corrected chi connectivity index (χ2v) is 11.4. The quantitative estimate of drug-likeness (QED) is 0.540. The van der Waals surface area contributed by atoms with Crippen LogP contribution in [0.5, 0.6) is 0 Å². The topological polar surface area (TPSA) is 86.8 Å². The number of hydrogen-bond donors (Lipinski definition) is 1. The van der Waals surface area contributed by atoms with Gasteiger partial charge in [-0.05, 0) is 50.8 Å². The highest BCUT2D eigenvalue weighted by molar-refractivity contribution is 7.92. The number of rotatable bonds is 10. The predicted molar refractivity (Wildman–Crippen MR) is 140 cm³/mol. The van der Waals surface area contributed by atoms with Crippen LogP contribution in [0, 0.1) is 6.92 Å². The molecular weight excluding hydrogens is 462 g/mol. The van der Waals surface area contributed by atoms with E-state index in [1.54, 1.807) is 19.1 Å². The molecule has 0 radical (unpaired) electrons. The third kappa shape index (κ3) is 7.82. The first-order valence-corrected chi connectivity index (χ1v) is 14.2. The molecule has 7 nitrogen and oxygen atoms in total. The van der Waals surface area contributed by atoms with Crippen LogP contribution >= 0.6 is 0 Å². The average molecular weight is 500 g/mol. The molecule has 3 rings (SSSR count). The zero-order valence-corrected chi connectivity index (χ0v) is 21.8. The molecule has 0 spiro atoms. The first kappa shape index (κ1) is 26.7. The first-order chi connectivity index (χ1) is 16.6. The summed E-state index contributed by atoms with van der Waals surface area (Å²) in [4.78, 5) is 28.2. The van der Waals surface area contributed by atoms with Crippen molar-refractivity contribution in [3.05, 3.63) is 65.7 Å². The van der Waals surface area contributed by atoms with Crippen molar-refractivity contribution >= 4 is 27.5 Å². The van der Waals surface area contributed by atoms with Crippen LogP contribution in [0.4, 0.5) is 5.69 Å². The van der Waals surface area contributed by atoms with Crippen molar-refractivity contribution in [2.75, 3.05) is 23.7 Å². The van der Waals surface area contributed by atoms with Crippen LogP contribution in [0.2, 0.25) is 0 Å². The molecule has 0 aromatic heterocycles. The Balaban J connectivity index is 1.80. The molecule has 0 aliphatic heterocycles. The fourth-order valence-corrected chi connectivity index (χ4v) is 5.31. The van der Waals surface area contributed by atoms with E-state index in [9.17, 15) is 18.0 Å². The highest BCUT2D eigenvalue weighted by Crippen LogP contribution is 2.20. The van der Waals surface area contributed by atoms with Gasteiger partial charge < -0.3 is 10.2 Å². The summed E-state index contributed by atoms with van der Waals surface area (Å²) in [6.45, 7) is 3.58. The Morgan fingerprint density at radius 2 is 1.63 bits per heavy atom. The summed E-state index contributed by atoms with van der Waals surface area (Å²) in [5.41, 5.74) is 2.46. The zero-order chi connectivity index (χ0) is 25.4. The van der Waals surface area contributed by atoms with Gasteiger partial charge in [-0.2, -0.15) is 0 Å². The first-order valence-electron chi connectivity index (χ1n) is 12.3. The van der Waals surface area contributed by atoms with Gasteiger partial charge in [0, 0.05) is 12.6 Å². The maximum absolute atomic E-state index is 13.5. The van der Waals surface area contributed by atoms with Gasteiger partial charge in [0.1, 0.15) is 12.6 Å². The number of carbonyl (C=O) groups excluding carboxylic acids is 2. The second kappa shape index (κ2) is 12.2. The van der Waals surface area contributed by atoms with Crippen LogP contribution in [0.3, 0.4) is 0 Å². The number of hydrogen-bond acceptors (Lipinski definition) is 4. The Hall–Kier alpha value is -2.87. The number of amides is 2. The highest BCUT2D eigenvalue weighted by atomic mass is 32.2. The summed E-state index contributed by atoms with van der Waals surface area (Å²) in [5.74, 6) is -0.599. The van der Waals surface area contributed by atoms with Gasteiger partial charge in [0.2, 0.25) is 21.8 Å². The molecule has 1 aliphatic carbocycles. The van der Waals surface area contributed by atoms with Crippen molar-refractivity contribution in [1.82, 2.24) is 10.2 Å². The van der Waals surface area contributed by atoms with Crippen molar-refractivity contribution < 1.29 is 18.0 Å². The Morgan fingerprint density at radius 1 is 1.00 bits per heavy atom. The summed E-state index contributed by atoms with van der Waals surface area (Å²) in [6, 6.07) is 16.2. The SMILES string of the molecule is Cc1ccc(N(CC(=O)N(CCc2ccccc2)[C@H](C)C(=O)NC2CCCCC2)S(C)(=O)=O)cc1. The van der Waals surface area contributed by atoms with E-state index in [0.29, 0.717) is 18.7 Å². The van der Waals surface area contributed by atoms with Gasteiger partial charge in [-0.25, -0.2) is 8.42 Å². The lowest BCUT2D eigenvalue weighted by Crippen LogP contribution is -2.53. The van der Waals surface area contributed by atoms with E-state index < -0.39 is 22.0 Å². The molecule has 0 saturated heterocycles. The van der Waals surface area contributed by atoms with Gasteiger partial charge in [-0.3, -0.25) is 13.9 Å². The maximum atomic E-state index is 13.5. The molecule has 35 heavy (non-hydrogen) atoms. The number of anilines is 1. The van der Waals surface area contributed by atoms with Crippen molar-refractivity contribution in [2.24, 2.45) is 0 Å². The van der Waals surface area contributed by atoms with E-state index in [1.165, 1.54) is 11.3 Å². The molecule has 1 fully saturated rings. The molecule has 0 heterocycles. The minimum atomic E-state index is -3.71. The minimum absolute atomic E-state index is 0.129. The fourth-order valence-electron chi connectivity index (χ4n) is 4.46. The van der Waals surface area contributed by atoms with Crippen molar-refractivity contribution in [3.8, 4) is 0 Å². The summed E-state index contributed by atoms with van der Waals surface area (Å²) in [6.07, 6.45) is 6.93. The molecule has 2 aromatic rings. The number of carbonyl (C=O) groups is 2. The molecule has 8 heteroatoms. The van der Waals surface area contributed by atoms with Crippen molar-refractivity contribution in [2.45, 2.75) is 64.5 Å². The molecule has 1 N–H and O–H groups in total. The van der Waals surface area contributed by atoms with E-state index in [1.807, 2.05) is 49.4 Å². The fraction of sp³-hybridized carbons (Fsp3) is 0.481. The van der Waals surface area contributed by atoms with Crippen LogP contribution in [0.25, 0.3) is 0 Å². The predicted octanol–water partition coefficient (Wildman–Crippen LogP) is 3.67. The summed E-state index contributed by atoms with van der Waals surface area (Å²) < 4.78 is 26.3. The van der Waals surface area contributed by atoms with E-state index in [2.05, 4.69) is 5.32 Å². The lowest BCUT2D eigenvalue weighted by Gasteiger charge is -2.33. The Morgan fingerprint density at radius 3 is 2.23 bits per heavy atom. The molecule has 0 unspecified atom stereocenters. The van der Waals surface area contributed by atoms with Gasteiger partial charge in [0.05, 0.1) is 11.9 Å².